The highest BCUT2D eigenvalue weighted by Gasteiger charge is 2.10. The molecule has 0 spiro atoms. The van der Waals surface area contributed by atoms with Crippen molar-refractivity contribution in [3.63, 3.8) is 0 Å². The maximum Gasteiger partial charge on any atom is 0.262 e. The molecule has 3 nitrogen and oxygen atoms in total. The van der Waals surface area contributed by atoms with Crippen molar-refractivity contribution < 1.29 is 9.53 Å². The largest absolute Gasteiger partial charge is 0.483 e. The molecular formula is C16H15Cl2NO2. The minimum absolute atomic E-state index is 0.106. The Balaban J connectivity index is 1.99. The summed E-state index contributed by atoms with van der Waals surface area (Å²) in [5.41, 5.74) is 2.53. The van der Waals surface area contributed by atoms with E-state index in [1.807, 2.05) is 32.0 Å². The number of amides is 1. The van der Waals surface area contributed by atoms with Crippen molar-refractivity contribution in [2.24, 2.45) is 0 Å². The highest BCUT2D eigenvalue weighted by atomic mass is 35.5. The van der Waals surface area contributed by atoms with Gasteiger partial charge in [-0.25, -0.2) is 0 Å². The van der Waals surface area contributed by atoms with Gasteiger partial charge in [0.25, 0.3) is 5.91 Å². The number of rotatable bonds is 4. The van der Waals surface area contributed by atoms with Crippen molar-refractivity contribution in [2.75, 3.05) is 11.9 Å². The van der Waals surface area contributed by atoms with Gasteiger partial charge in [0.15, 0.2) is 6.61 Å². The quantitative estimate of drug-likeness (QED) is 0.890. The number of aryl methyl sites for hydroxylation is 2. The number of ether oxygens (including phenoxy) is 1. The number of carbonyl (C=O) groups is 1. The van der Waals surface area contributed by atoms with E-state index in [9.17, 15) is 4.79 Å². The van der Waals surface area contributed by atoms with Gasteiger partial charge in [-0.3, -0.25) is 4.79 Å². The Labute approximate surface area is 133 Å². The molecule has 110 valence electrons. The fourth-order valence-electron chi connectivity index (χ4n) is 1.90. The lowest BCUT2D eigenvalue weighted by atomic mass is 10.1. The van der Waals surface area contributed by atoms with Gasteiger partial charge < -0.3 is 10.1 Å². The minimum atomic E-state index is -0.315. The van der Waals surface area contributed by atoms with Gasteiger partial charge in [-0.05, 0) is 37.6 Å². The first kappa shape index (κ1) is 15.7. The Morgan fingerprint density at radius 2 is 1.81 bits per heavy atom. The van der Waals surface area contributed by atoms with Crippen molar-refractivity contribution >= 4 is 34.8 Å². The Kier molecular flexibility index (Phi) is 5.10. The van der Waals surface area contributed by atoms with E-state index >= 15 is 0 Å². The first-order valence-electron chi connectivity index (χ1n) is 6.41. The topological polar surface area (TPSA) is 38.3 Å². The highest BCUT2D eigenvalue weighted by molar-refractivity contribution is 6.39. The first-order valence-corrected chi connectivity index (χ1v) is 7.17. The normalized spacial score (nSPS) is 10.3. The number of benzene rings is 2. The molecule has 0 saturated carbocycles. The average molecular weight is 324 g/mol. The second kappa shape index (κ2) is 6.83. The lowest BCUT2D eigenvalue weighted by molar-refractivity contribution is -0.118. The monoisotopic (exact) mass is 323 g/mol. The molecule has 2 aromatic rings. The summed E-state index contributed by atoms with van der Waals surface area (Å²) in [5.74, 6) is 0.367. The van der Waals surface area contributed by atoms with Crippen LogP contribution in [-0.2, 0) is 4.79 Å². The molecule has 2 rings (SSSR count). The molecule has 1 N–H and O–H groups in total. The van der Waals surface area contributed by atoms with Gasteiger partial charge in [0.05, 0.1) is 15.7 Å². The van der Waals surface area contributed by atoms with E-state index in [1.165, 1.54) is 0 Å². The number of hydrogen-bond acceptors (Lipinski definition) is 2. The van der Waals surface area contributed by atoms with Crippen LogP contribution in [0, 0.1) is 13.8 Å². The zero-order valence-corrected chi connectivity index (χ0v) is 13.3. The molecule has 0 saturated heterocycles. The fraction of sp³-hybridized carbons (Fsp3) is 0.188. The molecular weight excluding hydrogens is 309 g/mol. The molecule has 1 amide bonds. The summed E-state index contributed by atoms with van der Waals surface area (Å²) >= 11 is 12.0. The van der Waals surface area contributed by atoms with Gasteiger partial charge in [-0.15, -0.1) is 0 Å². The summed E-state index contributed by atoms with van der Waals surface area (Å²) in [6.45, 7) is 3.83. The van der Waals surface area contributed by atoms with E-state index in [-0.39, 0.29) is 12.5 Å². The molecule has 0 aliphatic heterocycles. The van der Waals surface area contributed by atoms with Crippen LogP contribution < -0.4 is 10.1 Å². The zero-order valence-electron chi connectivity index (χ0n) is 11.7. The van der Waals surface area contributed by atoms with Gasteiger partial charge >= 0.3 is 0 Å². The van der Waals surface area contributed by atoms with Crippen LogP contribution in [0.25, 0.3) is 0 Å². The van der Waals surface area contributed by atoms with Crippen molar-refractivity contribution in [3.05, 3.63) is 57.6 Å². The third-order valence-corrected chi connectivity index (χ3v) is 3.55. The SMILES string of the molecule is Cc1ccc(OCC(=O)Nc2c(Cl)cccc2Cl)c(C)c1. The van der Waals surface area contributed by atoms with Crippen molar-refractivity contribution in [3.8, 4) is 5.75 Å². The second-order valence-corrected chi connectivity index (χ2v) is 5.52. The standard InChI is InChI=1S/C16H15Cl2NO2/c1-10-6-7-14(11(2)8-10)21-9-15(20)19-16-12(17)4-3-5-13(16)18/h3-8H,9H2,1-2H3,(H,19,20). The van der Waals surface area contributed by atoms with Gasteiger partial charge in [0.1, 0.15) is 5.75 Å². The highest BCUT2D eigenvalue weighted by Crippen LogP contribution is 2.29. The van der Waals surface area contributed by atoms with Crippen LogP contribution in [0.2, 0.25) is 10.0 Å². The summed E-state index contributed by atoms with van der Waals surface area (Å²) in [6, 6.07) is 10.8. The van der Waals surface area contributed by atoms with Crippen LogP contribution in [-0.4, -0.2) is 12.5 Å². The van der Waals surface area contributed by atoms with E-state index in [0.717, 1.165) is 11.1 Å². The van der Waals surface area contributed by atoms with Gasteiger partial charge in [-0.1, -0.05) is 47.0 Å². The first-order chi connectivity index (χ1) is 9.97. The van der Waals surface area contributed by atoms with E-state index < -0.39 is 0 Å². The third kappa shape index (κ3) is 4.13. The summed E-state index contributed by atoms with van der Waals surface area (Å²) in [7, 11) is 0. The smallest absolute Gasteiger partial charge is 0.262 e. The Hall–Kier alpha value is -1.71. The number of nitrogens with one attached hydrogen (secondary N) is 1. The molecule has 0 atom stereocenters. The molecule has 0 heterocycles. The lowest BCUT2D eigenvalue weighted by Gasteiger charge is -2.11. The molecule has 2 aromatic carbocycles. The van der Waals surface area contributed by atoms with Crippen molar-refractivity contribution in [2.45, 2.75) is 13.8 Å². The minimum Gasteiger partial charge on any atom is -0.483 e. The maximum absolute atomic E-state index is 11.9. The molecule has 0 radical (unpaired) electrons. The summed E-state index contributed by atoms with van der Waals surface area (Å²) in [4.78, 5) is 11.9. The molecule has 0 aliphatic rings. The fourth-order valence-corrected chi connectivity index (χ4v) is 2.39. The van der Waals surface area contributed by atoms with Gasteiger partial charge in [0.2, 0.25) is 0 Å². The Bertz CT molecular complexity index is 651. The van der Waals surface area contributed by atoms with Crippen molar-refractivity contribution in [1.82, 2.24) is 0 Å². The van der Waals surface area contributed by atoms with Crippen LogP contribution in [0.3, 0.4) is 0 Å². The van der Waals surface area contributed by atoms with Crippen LogP contribution in [0.5, 0.6) is 5.75 Å². The number of carbonyl (C=O) groups excluding carboxylic acids is 1. The van der Waals surface area contributed by atoms with E-state index in [4.69, 9.17) is 27.9 Å². The van der Waals surface area contributed by atoms with Crippen LogP contribution in [0.15, 0.2) is 36.4 Å². The molecule has 5 heteroatoms. The lowest BCUT2D eigenvalue weighted by Crippen LogP contribution is -2.20. The van der Waals surface area contributed by atoms with Crippen LogP contribution in [0.1, 0.15) is 11.1 Å². The predicted octanol–water partition coefficient (Wildman–Crippen LogP) is 4.63. The summed E-state index contributed by atoms with van der Waals surface area (Å²) < 4.78 is 5.51. The van der Waals surface area contributed by atoms with Crippen molar-refractivity contribution in [1.29, 1.82) is 0 Å². The summed E-state index contributed by atoms with van der Waals surface area (Å²) in [5, 5.41) is 3.43. The number of para-hydroxylation sites is 1. The molecule has 21 heavy (non-hydrogen) atoms. The maximum atomic E-state index is 11.9. The van der Waals surface area contributed by atoms with Crippen LogP contribution in [0.4, 0.5) is 5.69 Å². The number of hydrogen-bond donors (Lipinski definition) is 1. The number of anilines is 1. The molecule has 0 aromatic heterocycles. The van der Waals surface area contributed by atoms with Gasteiger partial charge in [0, 0.05) is 0 Å². The Morgan fingerprint density at radius 3 is 2.43 bits per heavy atom. The van der Waals surface area contributed by atoms with Crippen LogP contribution >= 0.6 is 23.2 Å². The van der Waals surface area contributed by atoms with E-state index in [2.05, 4.69) is 5.32 Å². The van der Waals surface area contributed by atoms with E-state index in [1.54, 1.807) is 18.2 Å². The third-order valence-electron chi connectivity index (χ3n) is 2.92. The zero-order chi connectivity index (χ0) is 15.4. The molecule has 0 unspecified atom stereocenters. The average Bonchev–Trinajstić information content (AvgIpc) is 2.42. The number of halogens is 2. The van der Waals surface area contributed by atoms with E-state index in [0.29, 0.717) is 21.5 Å². The summed E-state index contributed by atoms with van der Waals surface area (Å²) in [6.07, 6.45) is 0. The predicted molar refractivity (Wildman–Crippen MR) is 86.5 cm³/mol. The van der Waals surface area contributed by atoms with Gasteiger partial charge in [-0.2, -0.15) is 0 Å². The molecule has 0 aliphatic carbocycles. The molecule has 0 bridgehead atoms. The second-order valence-electron chi connectivity index (χ2n) is 4.70. The Morgan fingerprint density at radius 1 is 1.14 bits per heavy atom. The molecule has 0 fully saturated rings.